The van der Waals surface area contributed by atoms with Gasteiger partial charge in [0.25, 0.3) is 0 Å². The molecule has 224 valence electrons. The number of benzene rings is 5. The number of hydrogen-bond donors (Lipinski definition) is 1. The third kappa shape index (κ3) is 8.36. The van der Waals surface area contributed by atoms with E-state index in [1.807, 2.05) is 97.9 Å². The highest BCUT2D eigenvalue weighted by Gasteiger charge is 2.16. The average Bonchev–Trinajstić information content (AvgIpc) is 3.02. The lowest BCUT2D eigenvalue weighted by atomic mass is 10.0. The molecule has 0 amide bonds. The van der Waals surface area contributed by atoms with Crippen LogP contribution in [0.2, 0.25) is 0 Å². The van der Waals surface area contributed by atoms with Crippen molar-refractivity contribution in [1.29, 1.82) is 0 Å². The Morgan fingerprint density at radius 3 is 1.98 bits per heavy atom. The summed E-state index contributed by atoms with van der Waals surface area (Å²) in [6.45, 7) is 3.64. The molecule has 0 saturated carbocycles. The highest BCUT2D eigenvalue weighted by molar-refractivity contribution is 7.92. The zero-order valence-corrected chi connectivity index (χ0v) is 25.8. The van der Waals surface area contributed by atoms with Gasteiger partial charge in [0.2, 0.25) is 10.0 Å². The summed E-state index contributed by atoms with van der Waals surface area (Å²) >= 11 is 0. The molecule has 0 bridgehead atoms. The number of carbonyl (C=O) groups excluding carboxylic acids is 1. The van der Waals surface area contributed by atoms with Gasteiger partial charge in [-0.15, -0.1) is 0 Å². The zero-order chi connectivity index (χ0) is 30.9. The molecule has 0 saturated heterocycles. The van der Waals surface area contributed by atoms with E-state index < -0.39 is 10.0 Å². The summed E-state index contributed by atoms with van der Waals surface area (Å²) in [7, 11) is -3.42. The van der Waals surface area contributed by atoms with Gasteiger partial charge in [-0.25, -0.2) is 8.42 Å². The number of nitrogens with one attached hydrogen (secondary N) is 1. The van der Waals surface area contributed by atoms with Crippen LogP contribution in [0.25, 0.3) is 0 Å². The molecule has 5 aromatic carbocycles. The quantitative estimate of drug-likeness (QED) is 0.142. The molecule has 0 aliphatic heterocycles. The van der Waals surface area contributed by atoms with Crippen LogP contribution in [-0.4, -0.2) is 27.1 Å². The second-order valence-electron chi connectivity index (χ2n) is 10.8. The minimum absolute atomic E-state index is 0.0680. The monoisotopic (exact) mass is 604 g/mol. The van der Waals surface area contributed by atoms with Crippen LogP contribution in [-0.2, 0) is 29.5 Å². The molecule has 0 spiro atoms. The lowest BCUT2D eigenvalue weighted by Gasteiger charge is -2.28. The Bertz CT molecular complexity index is 1810. The first-order valence-corrected chi connectivity index (χ1v) is 16.4. The van der Waals surface area contributed by atoms with E-state index in [0.29, 0.717) is 42.3 Å². The van der Waals surface area contributed by atoms with Crippen molar-refractivity contribution in [1.82, 2.24) is 0 Å². The summed E-state index contributed by atoms with van der Waals surface area (Å²) in [5.41, 5.74) is 6.85. The van der Waals surface area contributed by atoms with E-state index >= 15 is 0 Å². The van der Waals surface area contributed by atoms with Gasteiger partial charge in [0.1, 0.15) is 5.75 Å². The van der Waals surface area contributed by atoms with Crippen LogP contribution in [0.15, 0.2) is 127 Å². The normalized spacial score (nSPS) is 11.1. The van der Waals surface area contributed by atoms with Gasteiger partial charge < -0.3 is 9.64 Å². The summed E-state index contributed by atoms with van der Waals surface area (Å²) in [4.78, 5) is 15.6. The van der Waals surface area contributed by atoms with E-state index in [4.69, 9.17) is 4.74 Å². The third-order valence-corrected chi connectivity index (χ3v) is 7.94. The maximum Gasteiger partial charge on any atom is 0.229 e. The van der Waals surface area contributed by atoms with E-state index in [2.05, 4.69) is 33.9 Å². The molecule has 0 aromatic heterocycles. The smallest absolute Gasteiger partial charge is 0.229 e. The molecule has 0 aliphatic rings. The summed E-state index contributed by atoms with van der Waals surface area (Å²) in [5, 5.41) is 0. The van der Waals surface area contributed by atoms with Gasteiger partial charge in [0, 0.05) is 36.3 Å². The number of ketones is 1. The topological polar surface area (TPSA) is 75.7 Å². The minimum Gasteiger partial charge on any atom is -0.493 e. The Morgan fingerprint density at radius 1 is 0.705 bits per heavy atom. The average molecular weight is 605 g/mol. The summed E-state index contributed by atoms with van der Waals surface area (Å²) in [5.74, 6) is 0.601. The molecule has 0 unspecified atom stereocenters. The Kier molecular flexibility index (Phi) is 9.77. The fraction of sp³-hybridized carbons (Fsp3) is 0.162. The molecule has 1 N–H and O–H groups in total. The van der Waals surface area contributed by atoms with Crippen LogP contribution in [0.3, 0.4) is 0 Å². The highest BCUT2D eigenvalue weighted by atomic mass is 32.2. The Hall–Kier alpha value is -4.88. The second-order valence-corrected chi connectivity index (χ2v) is 12.6. The van der Waals surface area contributed by atoms with Crippen molar-refractivity contribution in [3.63, 3.8) is 0 Å². The summed E-state index contributed by atoms with van der Waals surface area (Å²) in [6.07, 6.45) is 1.94. The highest BCUT2D eigenvalue weighted by Crippen LogP contribution is 2.30. The van der Waals surface area contributed by atoms with Crippen molar-refractivity contribution < 1.29 is 17.9 Å². The predicted molar refractivity (Wildman–Crippen MR) is 178 cm³/mol. The lowest BCUT2D eigenvalue weighted by Crippen LogP contribution is -2.23. The molecule has 7 heteroatoms. The number of rotatable bonds is 13. The van der Waals surface area contributed by atoms with E-state index in [9.17, 15) is 13.2 Å². The number of carbonyl (C=O) groups is 1. The first-order valence-electron chi connectivity index (χ1n) is 14.5. The third-order valence-electron chi connectivity index (χ3n) is 7.35. The van der Waals surface area contributed by atoms with E-state index in [1.165, 1.54) is 5.56 Å². The van der Waals surface area contributed by atoms with E-state index in [1.54, 1.807) is 12.1 Å². The Balaban J connectivity index is 1.31. The number of sulfonamides is 1. The van der Waals surface area contributed by atoms with Crippen molar-refractivity contribution in [2.45, 2.75) is 26.4 Å². The van der Waals surface area contributed by atoms with Crippen molar-refractivity contribution in [3.05, 3.63) is 161 Å². The van der Waals surface area contributed by atoms with Gasteiger partial charge in [-0.3, -0.25) is 9.52 Å². The number of hydrogen-bond acceptors (Lipinski definition) is 5. The van der Waals surface area contributed by atoms with Gasteiger partial charge in [-0.1, -0.05) is 103 Å². The SMILES string of the molecule is Cc1c(NS(C)(=O)=O)cccc1N(Cc1ccccc1)Cc1ccc(C(=O)c2cccc(OCCc3ccccc3)c2)cc1. The fourth-order valence-corrected chi connectivity index (χ4v) is 5.73. The number of anilines is 2. The fourth-order valence-electron chi connectivity index (χ4n) is 5.11. The lowest BCUT2D eigenvalue weighted by molar-refractivity contribution is 0.103. The maximum atomic E-state index is 13.4. The van der Waals surface area contributed by atoms with Crippen molar-refractivity contribution in [3.8, 4) is 5.75 Å². The van der Waals surface area contributed by atoms with Crippen LogP contribution in [0.1, 0.15) is 38.2 Å². The molecule has 0 radical (unpaired) electrons. The standard InChI is InChI=1S/C37H36N2O4S/c1-28-35(38-44(2,41)42)17-10-18-36(28)39(26-30-13-7-4-8-14-30)27-31-19-21-32(22-20-31)37(40)33-15-9-16-34(25-33)43-24-23-29-11-5-3-6-12-29/h3-22,25,38H,23-24,26-27H2,1-2H3. The Morgan fingerprint density at radius 2 is 1.32 bits per heavy atom. The molecule has 5 rings (SSSR count). The van der Waals surface area contributed by atoms with Crippen LogP contribution in [0.5, 0.6) is 5.75 Å². The van der Waals surface area contributed by atoms with Crippen molar-refractivity contribution in [2.24, 2.45) is 0 Å². The molecular weight excluding hydrogens is 568 g/mol. The zero-order valence-electron chi connectivity index (χ0n) is 24.9. The number of nitrogens with zero attached hydrogens (tertiary/aromatic N) is 1. The largest absolute Gasteiger partial charge is 0.493 e. The Labute approximate surface area is 260 Å². The van der Waals surface area contributed by atoms with Crippen LogP contribution >= 0.6 is 0 Å². The van der Waals surface area contributed by atoms with Crippen LogP contribution in [0.4, 0.5) is 11.4 Å². The van der Waals surface area contributed by atoms with Crippen molar-refractivity contribution >= 4 is 27.2 Å². The molecule has 0 fully saturated rings. The summed E-state index contributed by atoms with van der Waals surface area (Å²) < 4.78 is 32.5. The summed E-state index contributed by atoms with van der Waals surface area (Å²) in [6, 6.07) is 40.9. The minimum atomic E-state index is -3.42. The molecule has 0 aliphatic carbocycles. The first kappa shape index (κ1) is 30.6. The molecule has 0 heterocycles. The molecular formula is C37H36N2O4S. The van der Waals surface area contributed by atoms with E-state index in [-0.39, 0.29) is 5.78 Å². The van der Waals surface area contributed by atoms with Gasteiger partial charge in [0.05, 0.1) is 18.6 Å². The van der Waals surface area contributed by atoms with E-state index in [0.717, 1.165) is 35.1 Å². The molecule has 0 atom stereocenters. The van der Waals surface area contributed by atoms with Gasteiger partial charge in [0.15, 0.2) is 5.78 Å². The van der Waals surface area contributed by atoms with Crippen molar-refractivity contribution in [2.75, 3.05) is 22.5 Å². The maximum absolute atomic E-state index is 13.4. The van der Waals surface area contributed by atoms with Gasteiger partial charge in [-0.2, -0.15) is 0 Å². The first-order chi connectivity index (χ1) is 21.2. The molecule has 44 heavy (non-hydrogen) atoms. The van der Waals surface area contributed by atoms with Crippen LogP contribution < -0.4 is 14.4 Å². The number of ether oxygens (including phenoxy) is 1. The predicted octanol–water partition coefficient (Wildman–Crippen LogP) is 7.43. The van der Waals surface area contributed by atoms with Gasteiger partial charge in [-0.05, 0) is 53.4 Å². The van der Waals surface area contributed by atoms with Gasteiger partial charge >= 0.3 is 0 Å². The van der Waals surface area contributed by atoms with Crippen LogP contribution in [0, 0.1) is 6.92 Å². The second kappa shape index (κ2) is 14.1. The molecule has 6 nitrogen and oxygen atoms in total. The molecule has 5 aromatic rings.